The van der Waals surface area contributed by atoms with Crippen LogP contribution in [0.2, 0.25) is 0 Å². The van der Waals surface area contributed by atoms with E-state index in [0.29, 0.717) is 6.42 Å². The van der Waals surface area contributed by atoms with E-state index in [4.69, 9.17) is 11.6 Å². The predicted molar refractivity (Wildman–Crippen MR) is 121 cm³/mol. The molecule has 0 aromatic carbocycles. The second kappa shape index (κ2) is 16.9. The summed E-state index contributed by atoms with van der Waals surface area (Å²) in [7, 11) is -7.87. The summed E-state index contributed by atoms with van der Waals surface area (Å²) in [6.45, 7) is -0.571. The van der Waals surface area contributed by atoms with Crippen LogP contribution in [0.3, 0.4) is 0 Å². The van der Waals surface area contributed by atoms with Gasteiger partial charge < -0.3 is 10.2 Å². The fourth-order valence-electron chi connectivity index (χ4n) is 3.13. The van der Waals surface area contributed by atoms with Crippen LogP contribution in [0.1, 0.15) is 83.5 Å². The molecule has 0 aliphatic rings. The average molecular weight is 469 g/mol. The number of nitrogens with one attached hydrogen (secondary N) is 1. The Labute approximate surface area is 183 Å². The number of hydrogen-bond donors (Lipinski definition) is 4. The van der Waals surface area contributed by atoms with Gasteiger partial charge in [0, 0.05) is 6.42 Å². The first-order valence-corrected chi connectivity index (χ1v) is 14.2. The van der Waals surface area contributed by atoms with Gasteiger partial charge in [0.05, 0.1) is 30.3 Å². The highest BCUT2D eigenvalue weighted by atomic mass is 32.2. The average Bonchev–Trinajstić information content (AvgIpc) is 2.67. The molecule has 0 saturated heterocycles. The lowest BCUT2D eigenvalue weighted by atomic mass is 10.0. The predicted octanol–water partition coefficient (Wildman–Crippen LogP) is 1.62. The van der Waals surface area contributed by atoms with Crippen molar-refractivity contribution in [2.75, 3.05) is 18.1 Å². The van der Waals surface area contributed by atoms with E-state index in [1.54, 1.807) is 0 Å². The first kappa shape index (κ1) is 29.3. The van der Waals surface area contributed by atoms with Crippen LogP contribution >= 0.6 is 0 Å². The van der Waals surface area contributed by atoms with E-state index in [0.717, 1.165) is 38.5 Å². The van der Waals surface area contributed by atoms with Crippen molar-refractivity contribution in [3.63, 3.8) is 0 Å². The number of terminal acetylenes is 1. The van der Waals surface area contributed by atoms with Crippen molar-refractivity contribution in [1.82, 2.24) is 4.72 Å². The lowest BCUT2D eigenvalue weighted by Gasteiger charge is -2.22. The van der Waals surface area contributed by atoms with Gasteiger partial charge in [-0.2, -0.15) is 0 Å². The Morgan fingerprint density at radius 2 is 1.30 bits per heavy atom. The summed E-state index contributed by atoms with van der Waals surface area (Å²) in [4.78, 5) is 0. The molecule has 2 atom stereocenters. The number of hydrogen-bond acceptors (Lipinski definition) is 6. The van der Waals surface area contributed by atoms with Gasteiger partial charge in [0.25, 0.3) is 0 Å². The third kappa shape index (κ3) is 18.1. The van der Waals surface area contributed by atoms with Crippen molar-refractivity contribution in [2.45, 2.75) is 95.6 Å². The number of rotatable bonds is 20. The minimum absolute atomic E-state index is 0.362. The van der Waals surface area contributed by atoms with Gasteiger partial charge in [-0.05, 0) is 12.8 Å². The van der Waals surface area contributed by atoms with Crippen LogP contribution in [0.5, 0.6) is 0 Å². The van der Waals surface area contributed by atoms with E-state index in [2.05, 4.69) is 10.6 Å². The van der Waals surface area contributed by atoms with Crippen LogP contribution in [-0.2, 0) is 20.0 Å². The van der Waals surface area contributed by atoms with E-state index in [1.807, 2.05) is 0 Å². The van der Waals surface area contributed by atoms with E-state index in [1.165, 1.54) is 38.5 Å². The molecule has 8 nitrogen and oxygen atoms in total. The normalized spacial score (nSPS) is 14.3. The molecule has 178 valence electrons. The molecule has 0 rings (SSSR count). The molecule has 5 N–H and O–H groups in total. The van der Waals surface area contributed by atoms with Crippen LogP contribution in [0.25, 0.3) is 0 Å². The molecular weight excluding hydrogens is 428 g/mol. The summed E-state index contributed by atoms with van der Waals surface area (Å²) >= 11 is 0. The van der Waals surface area contributed by atoms with Crippen molar-refractivity contribution >= 4 is 20.0 Å². The Bertz CT molecular complexity index is 674. The minimum atomic E-state index is -3.97. The monoisotopic (exact) mass is 468 g/mol. The molecule has 0 aliphatic carbocycles. The molecular formula is C20H40N2O6S2. The van der Waals surface area contributed by atoms with Crippen molar-refractivity contribution < 1.29 is 27.0 Å². The maximum absolute atomic E-state index is 11.9. The largest absolute Gasteiger partial charge is 0.395 e. The van der Waals surface area contributed by atoms with Gasteiger partial charge in [-0.25, -0.2) is 26.7 Å². The first-order chi connectivity index (χ1) is 14.1. The second-order valence-corrected chi connectivity index (χ2v) is 11.4. The van der Waals surface area contributed by atoms with Gasteiger partial charge in [0.2, 0.25) is 20.0 Å². The second-order valence-electron chi connectivity index (χ2n) is 7.79. The molecule has 0 unspecified atom stereocenters. The quantitative estimate of drug-likeness (QED) is 0.158. The van der Waals surface area contributed by atoms with Crippen molar-refractivity contribution in [2.24, 2.45) is 5.14 Å². The third-order valence-electron chi connectivity index (χ3n) is 4.95. The smallest absolute Gasteiger partial charge is 0.213 e. The van der Waals surface area contributed by atoms with Gasteiger partial charge in [-0.3, -0.25) is 0 Å². The standard InChI is InChI=1S/C20H40N2O6S2/c1-2-3-4-5-6-7-8-9-10-11-12-13-14-15-20(24)19(18-23)22-30(27,28)17-16-29(21,25)26/h1,19-20,22-24H,3-18H2,(H2,21,25,26)/t19-,20+/m0/s1. The van der Waals surface area contributed by atoms with Crippen LogP contribution in [0.4, 0.5) is 0 Å². The van der Waals surface area contributed by atoms with Gasteiger partial charge in [-0.15, -0.1) is 12.3 Å². The summed E-state index contributed by atoms with van der Waals surface area (Å²) in [5.74, 6) is 1.23. The molecule has 0 aromatic heterocycles. The van der Waals surface area contributed by atoms with Gasteiger partial charge in [0.1, 0.15) is 0 Å². The van der Waals surface area contributed by atoms with Crippen molar-refractivity contribution in [3.05, 3.63) is 0 Å². The zero-order valence-corrected chi connectivity index (χ0v) is 19.6. The van der Waals surface area contributed by atoms with Crippen molar-refractivity contribution in [3.8, 4) is 12.3 Å². The number of aliphatic hydroxyl groups excluding tert-OH is 2. The van der Waals surface area contributed by atoms with E-state index >= 15 is 0 Å². The van der Waals surface area contributed by atoms with Gasteiger partial charge >= 0.3 is 0 Å². The number of unbranched alkanes of at least 4 members (excludes halogenated alkanes) is 11. The highest BCUT2D eigenvalue weighted by molar-refractivity contribution is 7.93. The van der Waals surface area contributed by atoms with Crippen LogP contribution < -0.4 is 9.86 Å². The molecule has 0 heterocycles. The van der Waals surface area contributed by atoms with Crippen molar-refractivity contribution in [1.29, 1.82) is 0 Å². The Balaban J connectivity index is 3.83. The summed E-state index contributed by atoms with van der Waals surface area (Å²) in [5, 5.41) is 24.3. The van der Waals surface area contributed by atoms with Gasteiger partial charge in [-0.1, -0.05) is 64.2 Å². The molecule has 0 bridgehead atoms. The summed E-state index contributed by atoms with van der Waals surface area (Å²) in [6.07, 6.45) is 17.8. The zero-order valence-electron chi connectivity index (χ0n) is 18.0. The number of nitrogens with two attached hydrogens (primary N) is 1. The molecule has 30 heavy (non-hydrogen) atoms. The lowest BCUT2D eigenvalue weighted by molar-refractivity contribution is 0.0916. The molecule has 0 spiro atoms. The number of aliphatic hydroxyl groups is 2. The van der Waals surface area contributed by atoms with E-state index in [-0.39, 0.29) is 0 Å². The van der Waals surface area contributed by atoms with E-state index in [9.17, 15) is 27.0 Å². The van der Waals surface area contributed by atoms with E-state index < -0.39 is 50.3 Å². The fourth-order valence-corrected chi connectivity index (χ4v) is 5.74. The minimum Gasteiger partial charge on any atom is -0.395 e. The summed E-state index contributed by atoms with van der Waals surface area (Å²) in [5.41, 5.74) is 0. The number of sulfonamides is 2. The SMILES string of the molecule is C#CCCCCCCCCCCCCC[C@@H](O)[C@H](CO)NS(=O)(=O)CCS(N)(=O)=O. The van der Waals surface area contributed by atoms with Crippen LogP contribution in [0.15, 0.2) is 0 Å². The summed E-state index contributed by atoms with van der Waals surface area (Å²) < 4.78 is 47.7. The topological polar surface area (TPSA) is 147 Å². The molecule has 0 amide bonds. The zero-order chi connectivity index (χ0) is 22.9. The Kier molecular flexibility index (Phi) is 16.5. The molecule has 0 aromatic rings. The molecule has 0 saturated carbocycles. The maximum Gasteiger partial charge on any atom is 0.213 e. The third-order valence-corrected chi connectivity index (χ3v) is 7.38. The molecule has 0 aliphatic heterocycles. The van der Waals surface area contributed by atoms with Crippen LogP contribution in [0, 0.1) is 12.3 Å². The lowest BCUT2D eigenvalue weighted by Crippen LogP contribution is -2.47. The fraction of sp³-hybridized carbons (Fsp3) is 0.900. The van der Waals surface area contributed by atoms with Crippen LogP contribution in [-0.4, -0.2) is 57.3 Å². The Morgan fingerprint density at radius 3 is 1.73 bits per heavy atom. The molecule has 0 fully saturated rings. The molecule has 10 heteroatoms. The Morgan fingerprint density at radius 1 is 0.833 bits per heavy atom. The van der Waals surface area contributed by atoms with Gasteiger partial charge in [0.15, 0.2) is 0 Å². The highest BCUT2D eigenvalue weighted by Gasteiger charge is 2.24. The molecule has 0 radical (unpaired) electrons. The maximum atomic E-state index is 11.9. The Hall–Kier alpha value is -0.700. The number of primary sulfonamides is 1. The first-order valence-electron chi connectivity index (χ1n) is 10.8. The highest BCUT2D eigenvalue weighted by Crippen LogP contribution is 2.14. The summed E-state index contributed by atoms with van der Waals surface area (Å²) in [6, 6.07) is -1.06.